The van der Waals surface area contributed by atoms with Gasteiger partial charge in [0.05, 0.1) is 5.69 Å². The average Bonchev–Trinajstić information content (AvgIpc) is 3.03. The Hall–Kier alpha value is -2.41. The minimum Gasteiger partial charge on any atom is -0.256 e. The molecule has 1 heteroatoms. The van der Waals surface area contributed by atoms with E-state index < -0.39 is 54.4 Å². The third-order valence-corrected chi connectivity index (χ3v) is 4.32. The van der Waals surface area contributed by atoms with Crippen molar-refractivity contribution in [2.75, 3.05) is 0 Å². The molecular formula is C23H21N. The molecule has 0 bridgehead atoms. The number of pyridine rings is 1. The van der Waals surface area contributed by atoms with Crippen molar-refractivity contribution in [2.24, 2.45) is 5.41 Å². The van der Waals surface area contributed by atoms with Gasteiger partial charge in [-0.15, -0.1) is 0 Å². The van der Waals surface area contributed by atoms with Gasteiger partial charge in [-0.25, -0.2) is 0 Å². The van der Waals surface area contributed by atoms with E-state index in [0.29, 0.717) is 5.56 Å². The fourth-order valence-electron chi connectivity index (χ4n) is 3.25. The molecule has 0 amide bonds. The molecule has 1 spiro atoms. The number of nitrogens with zero attached hydrogens (tertiary/aromatic N) is 1. The minimum absolute atomic E-state index is 0.0399. The van der Waals surface area contributed by atoms with Crippen molar-refractivity contribution < 1.29 is 15.1 Å². The molecule has 0 saturated heterocycles. The van der Waals surface area contributed by atoms with Gasteiger partial charge in [0.1, 0.15) is 0 Å². The van der Waals surface area contributed by atoms with Gasteiger partial charge in [-0.1, -0.05) is 54.6 Å². The number of hydrogen-bond donors (Lipinski definition) is 0. The number of hydrogen-bond acceptors (Lipinski definition) is 1. The number of benzene rings is 2. The van der Waals surface area contributed by atoms with Crippen LogP contribution in [0, 0.1) is 12.3 Å². The summed E-state index contributed by atoms with van der Waals surface area (Å²) in [5.41, 5.74) is -4.50. The Bertz CT molecular complexity index is 1310. The Morgan fingerprint density at radius 2 is 1.54 bits per heavy atom. The maximum absolute atomic E-state index is 9.27. The van der Waals surface area contributed by atoms with Crippen molar-refractivity contribution in [3.8, 4) is 11.3 Å². The zero-order valence-electron chi connectivity index (χ0n) is 23.7. The SMILES string of the molecule is [2H]C([2H])([2H])c1cnc(-c2ccccc2)c2c1C([2H])([2H])C1(C([2H])([2H])c3ccccc3C1([2H])[2H])C2([2H])[2H]. The molecule has 0 atom stereocenters. The highest BCUT2D eigenvalue weighted by Crippen LogP contribution is 2.49. The third-order valence-electron chi connectivity index (χ3n) is 4.32. The highest BCUT2D eigenvalue weighted by atomic mass is 14.7. The highest BCUT2D eigenvalue weighted by Gasteiger charge is 2.43. The van der Waals surface area contributed by atoms with Gasteiger partial charge in [-0.2, -0.15) is 0 Å². The molecule has 118 valence electrons. The second-order valence-corrected chi connectivity index (χ2v) is 5.93. The van der Waals surface area contributed by atoms with Crippen LogP contribution in [0.1, 0.15) is 42.9 Å². The Morgan fingerprint density at radius 1 is 0.875 bits per heavy atom. The topological polar surface area (TPSA) is 12.9 Å². The summed E-state index contributed by atoms with van der Waals surface area (Å²) < 4.78 is 97.2. The molecule has 1 aromatic heterocycles. The predicted molar refractivity (Wildman–Crippen MR) is 98.1 cm³/mol. The van der Waals surface area contributed by atoms with Crippen molar-refractivity contribution in [2.45, 2.75) is 32.3 Å². The minimum atomic E-state index is -3.08. The molecule has 2 aromatic carbocycles. The Morgan fingerprint density at radius 3 is 2.25 bits per heavy atom. The summed E-state index contributed by atoms with van der Waals surface area (Å²) in [7, 11) is 0. The van der Waals surface area contributed by atoms with E-state index in [1.54, 1.807) is 30.3 Å². The summed E-state index contributed by atoms with van der Waals surface area (Å²) in [4.78, 5) is 4.24. The molecule has 24 heavy (non-hydrogen) atoms. The maximum Gasteiger partial charge on any atom is 0.0737 e. The van der Waals surface area contributed by atoms with E-state index in [9.17, 15) is 5.48 Å². The van der Waals surface area contributed by atoms with Crippen molar-refractivity contribution in [1.29, 1.82) is 0 Å². The van der Waals surface area contributed by atoms with E-state index >= 15 is 0 Å². The van der Waals surface area contributed by atoms with Crippen LogP contribution in [-0.2, 0) is 25.5 Å². The maximum atomic E-state index is 9.27. The molecule has 0 aliphatic heterocycles. The van der Waals surface area contributed by atoms with Crippen LogP contribution in [0.5, 0.6) is 0 Å². The molecule has 0 N–H and O–H groups in total. The molecule has 1 heterocycles. The first-order valence-corrected chi connectivity index (χ1v) is 7.76. The van der Waals surface area contributed by atoms with Crippen LogP contribution in [-0.4, -0.2) is 4.98 Å². The van der Waals surface area contributed by atoms with E-state index in [1.807, 2.05) is 0 Å². The van der Waals surface area contributed by atoms with Gasteiger partial charge < -0.3 is 0 Å². The molecule has 5 rings (SSSR count). The molecular weight excluding hydrogens is 290 g/mol. The number of fused-ring (bicyclic) bond motifs is 2. The van der Waals surface area contributed by atoms with Gasteiger partial charge in [-0.05, 0) is 65.6 Å². The van der Waals surface area contributed by atoms with Gasteiger partial charge in [0, 0.05) is 26.8 Å². The Kier molecular flexibility index (Phi) is 1.44. The van der Waals surface area contributed by atoms with Crippen LogP contribution in [0.4, 0.5) is 0 Å². The van der Waals surface area contributed by atoms with Crippen LogP contribution >= 0.6 is 0 Å². The van der Waals surface area contributed by atoms with Crippen molar-refractivity contribution in [3.63, 3.8) is 0 Å². The lowest BCUT2D eigenvalue weighted by Gasteiger charge is -2.22. The van der Waals surface area contributed by atoms with E-state index in [0.717, 1.165) is 6.20 Å². The second-order valence-electron chi connectivity index (χ2n) is 5.93. The third kappa shape index (κ3) is 2.04. The Labute approximate surface area is 158 Å². The summed E-state index contributed by atoms with van der Waals surface area (Å²) in [6.45, 7) is -2.90. The summed E-state index contributed by atoms with van der Waals surface area (Å²) in [5, 5.41) is 0. The van der Waals surface area contributed by atoms with Gasteiger partial charge in [0.2, 0.25) is 0 Å². The van der Waals surface area contributed by atoms with Crippen LogP contribution in [0.3, 0.4) is 0 Å². The van der Waals surface area contributed by atoms with Gasteiger partial charge in [0.25, 0.3) is 0 Å². The standard InChI is InChI=1S/C23H21N/c1-16-15-24-22(17-7-3-2-4-8-17)21-14-23(13-20(16)21)11-18-9-5-6-10-19(18)12-23/h2-10,15H,11-14H2,1H3/i1D3,11D2,12D2,13D2,14D2. The zero-order chi connectivity index (χ0) is 25.8. The first-order chi connectivity index (χ1) is 16.1. The van der Waals surface area contributed by atoms with Gasteiger partial charge in [-0.3, -0.25) is 4.98 Å². The zero-order valence-corrected chi connectivity index (χ0v) is 12.7. The molecule has 2 aliphatic carbocycles. The summed E-state index contributed by atoms with van der Waals surface area (Å²) in [6, 6.07) is 13.9. The number of aryl methyl sites for hydroxylation is 1. The van der Waals surface area contributed by atoms with E-state index in [2.05, 4.69) is 4.98 Å². The fourth-order valence-corrected chi connectivity index (χ4v) is 3.25. The molecule has 0 radical (unpaired) electrons. The van der Waals surface area contributed by atoms with Crippen LogP contribution < -0.4 is 0 Å². The highest BCUT2D eigenvalue weighted by molar-refractivity contribution is 5.67. The summed E-state index contributed by atoms with van der Waals surface area (Å²) in [5.74, 6) is 0. The van der Waals surface area contributed by atoms with Crippen molar-refractivity contribution >= 4 is 0 Å². The first-order valence-electron chi connectivity index (χ1n) is 13.3. The predicted octanol–water partition coefficient (Wildman–Crippen LogP) is 4.94. The average molecular weight is 322 g/mol. The van der Waals surface area contributed by atoms with Crippen LogP contribution in [0.25, 0.3) is 11.3 Å². The molecule has 2 aliphatic rings. The summed E-state index contributed by atoms with van der Waals surface area (Å²) >= 11 is 0. The lowest BCUT2D eigenvalue weighted by Crippen LogP contribution is -2.21. The monoisotopic (exact) mass is 322 g/mol. The molecule has 0 saturated carbocycles. The van der Waals surface area contributed by atoms with Crippen LogP contribution in [0.2, 0.25) is 0 Å². The fraction of sp³-hybridized carbons (Fsp3) is 0.261. The normalized spacial score (nSPS) is 32.8. The summed E-state index contributed by atoms with van der Waals surface area (Å²) in [6.07, 6.45) is -10.8. The van der Waals surface area contributed by atoms with E-state index in [4.69, 9.17) is 9.60 Å². The van der Waals surface area contributed by atoms with E-state index in [-0.39, 0.29) is 16.8 Å². The molecule has 3 aromatic rings. The van der Waals surface area contributed by atoms with Crippen molar-refractivity contribution in [3.05, 3.63) is 88.6 Å². The Balaban J connectivity index is 1.99. The van der Waals surface area contributed by atoms with Crippen molar-refractivity contribution in [1.82, 2.24) is 4.98 Å². The lowest BCUT2D eigenvalue weighted by molar-refractivity contribution is 0.326. The quantitative estimate of drug-likeness (QED) is 0.618. The molecule has 0 fully saturated rings. The first kappa shape index (κ1) is 6.84. The smallest absolute Gasteiger partial charge is 0.0737 e. The number of aromatic nitrogens is 1. The van der Waals surface area contributed by atoms with E-state index in [1.165, 1.54) is 24.3 Å². The largest absolute Gasteiger partial charge is 0.256 e. The lowest BCUT2D eigenvalue weighted by atomic mass is 9.81. The molecule has 0 unspecified atom stereocenters. The van der Waals surface area contributed by atoms with Crippen LogP contribution in [0.15, 0.2) is 60.8 Å². The molecule has 1 nitrogen and oxygen atoms in total. The number of rotatable bonds is 1. The second kappa shape index (κ2) is 5.04. The van der Waals surface area contributed by atoms with Gasteiger partial charge in [0.15, 0.2) is 0 Å². The van der Waals surface area contributed by atoms with Gasteiger partial charge >= 0.3 is 0 Å².